The molecule has 4 aromatic rings. The highest BCUT2D eigenvalue weighted by Crippen LogP contribution is 2.38. The maximum Gasteiger partial charge on any atom is 0.293 e. The van der Waals surface area contributed by atoms with Crippen LogP contribution in [0.2, 0.25) is 0 Å². The van der Waals surface area contributed by atoms with Gasteiger partial charge in [0, 0.05) is 3.57 Å². The predicted molar refractivity (Wildman–Crippen MR) is 169 cm³/mol. The van der Waals surface area contributed by atoms with Gasteiger partial charge in [-0.2, -0.15) is 0 Å². The van der Waals surface area contributed by atoms with Gasteiger partial charge in [-0.1, -0.05) is 54.6 Å². The van der Waals surface area contributed by atoms with Crippen molar-refractivity contribution in [2.24, 2.45) is 0 Å². The van der Waals surface area contributed by atoms with Gasteiger partial charge in [0.1, 0.15) is 6.61 Å². The third kappa shape index (κ3) is 6.02. The molecule has 8 heteroatoms. The number of hydrogen-bond donors (Lipinski definition) is 0. The maximum absolute atomic E-state index is 13.3. The summed E-state index contributed by atoms with van der Waals surface area (Å²) < 4.78 is 14.1. The molecule has 0 unspecified atom stereocenters. The van der Waals surface area contributed by atoms with Gasteiger partial charge in [0.25, 0.3) is 11.1 Å². The molecule has 0 spiro atoms. The first-order valence-electron chi connectivity index (χ1n) is 12.0. The number of hydrogen-bond acceptors (Lipinski definition) is 5. The molecule has 0 aliphatic carbocycles. The van der Waals surface area contributed by atoms with Crippen LogP contribution in [0.5, 0.6) is 11.5 Å². The molecule has 5 nitrogen and oxygen atoms in total. The summed E-state index contributed by atoms with van der Waals surface area (Å²) in [5.41, 5.74) is 2.78. The Labute approximate surface area is 252 Å². The normalized spacial score (nSPS) is 14.5. The third-order valence-electron chi connectivity index (χ3n) is 6.01. The number of nitrogens with zero attached hydrogens (tertiary/aromatic N) is 1. The highest BCUT2D eigenvalue weighted by Gasteiger charge is 2.35. The molecule has 0 atom stereocenters. The molecule has 1 fully saturated rings. The summed E-state index contributed by atoms with van der Waals surface area (Å²) in [5.74, 6) is 0.971. The number of amides is 2. The predicted octanol–water partition coefficient (Wildman–Crippen LogP) is 8.26. The van der Waals surface area contributed by atoms with E-state index in [4.69, 9.17) is 9.47 Å². The minimum Gasteiger partial charge on any atom is -0.490 e. The summed E-state index contributed by atoms with van der Waals surface area (Å²) in [7, 11) is 0. The van der Waals surface area contributed by atoms with Crippen LogP contribution < -0.4 is 9.47 Å². The molecule has 0 saturated carbocycles. The van der Waals surface area contributed by atoms with Crippen molar-refractivity contribution in [1.82, 2.24) is 4.90 Å². The zero-order valence-corrected chi connectivity index (χ0v) is 25.6. The van der Waals surface area contributed by atoms with Crippen LogP contribution in [0.25, 0.3) is 16.8 Å². The number of rotatable bonds is 8. The largest absolute Gasteiger partial charge is 0.490 e. The Morgan fingerprint density at radius 1 is 0.921 bits per heavy atom. The molecule has 1 aliphatic rings. The molecule has 0 radical (unpaired) electrons. The van der Waals surface area contributed by atoms with E-state index in [0.29, 0.717) is 29.6 Å². The number of imide groups is 1. The van der Waals surface area contributed by atoms with Gasteiger partial charge in [-0.3, -0.25) is 14.5 Å². The van der Waals surface area contributed by atoms with Crippen molar-refractivity contribution in [3.8, 4) is 11.5 Å². The van der Waals surface area contributed by atoms with Crippen LogP contribution in [-0.2, 0) is 17.9 Å². The lowest BCUT2D eigenvalue weighted by Crippen LogP contribution is -2.27. The van der Waals surface area contributed by atoms with Crippen molar-refractivity contribution in [2.75, 3.05) is 6.61 Å². The minimum atomic E-state index is -0.292. The highest BCUT2D eigenvalue weighted by molar-refractivity contribution is 14.1. The Morgan fingerprint density at radius 2 is 1.68 bits per heavy atom. The molecule has 0 N–H and O–H groups in total. The van der Waals surface area contributed by atoms with E-state index >= 15 is 0 Å². The van der Waals surface area contributed by atoms with Gasteiger partial charge in [-0.05, 0) is 122 Å². The molecule has 1 saturated heterocycles. The van der Waals surface area contributed by atoms with E-state index < -0.39 is 0 Å². The summed E-state index contributed by atoms with van der Waals surface area (Å²) in [6, 6.07) is 25.9. The number of thioether (sulfide) groups is 1. The molecule has 1 aliphatic heterocycles. The number of ether oxygens (including phenoxy) is 2. The quantitative estimate of drug-likeness (QED) is 0.134. The number of benzene rings is 4. The van der Waals surface area contributed by atoms with Crippen molar-refractivity contribution in [3.05, 3.63) is 108 Å². The smallest absolute Gasteiger partial charge is 0.293 e. The summed E-state index contributed by atoms with van der Waals surface area (Å²) >= 11 is 5.46. The van der Waals surface area contributed by atoms with E-state index in [-0.39, 0.29) is 17.7 Å². The Morgan fingerprint density at radius 3 is 2.47 bits per heavy atom. The van der Waals surface area contributed by atoms with Crippen molar-refractivity contribution >= 4 is 84.9 Å². The van der Waals surface area contributed by atoms with Gasteiger partial charge in [0.2, 0.25) is 0 Å². The van der Waals surface area contributed by atoms with Gasteiger partial charge < -0.3 is 9.47 Å². The fourth-order valence-electron chi connectivity index (χ4n) is 4.20. The zero-order valence-electron chi connectivity index (χ0n) is 20.4. The molecule has 4 aromatic carbocycles. The molecule has 2 amide bonds. The lowest BCUT2D eigenvalue weighted by molar-refractivity contribution is -0.123. The van der Waals surface area contributed by atoms with E-state index in [9.17, 15) is 9.59 Å². The van der Waals surface area contributed by atoms with Gasteiger partial charge in [-0.15, -0.1) is 0 Å². The Balaban J connectivity index is 1.38. The van der Waals surface area contributed by atoms with Gasteiger partial charge in [0.05, 0.1) is 21.6 Å². The average Bonchev–Trinajstić information content (AvgIpc) is 3.17. The van der Waals surface area contributed by atoms with Gasteiger partial charge in [0.15, 0.2) is 11.5 Å². The highest BCUT2D eigenvalue weighted by atomic mass is 127. The summed E-state index contributed by atoms with van der Waals surface area (Å²) in [5, 5.41) is 1.84. The molecule has 38 heavy (non-hydrogen) atoms. The number of halogens is 2. The van der Waals surface area contributed by atoms with Crippen LogP contribution in [0.15, 0.2) is 83.8 Å². The first-order chi connectivity index (χ1) is 18.4. The van der Waals surface area contributed by atoms with E-state index in [0.717, 1.165) is 42.8 Å². The molecular weight excluding hydrogens is 724 g/mol. The Kier molecular flexibility index (Phi) is 8.59. The first kappa shape index (κ1) is 27.0. The second-order valence-electron chi connectivity index (χ2n) is 8.58. The first-order valence-corrected chi connectivity index (χ1v) is 15.0. The van der Waals surface area contributed by atoms with E-state index in [1.165, 1.54) is 8.47 Å². The summed E-state index contributed by atoms with van der Waals surface area (Å²) in [6.45, 7) is 3.04. The second kappa shape index (κ2) is 12.1. The molecule has 5 rings (SSSR count). The molecule has 192 valence electrons. The molecular formula is C30H23I2NO4S. The van der Waals surface area contributed by atoms with Crippen molar-refractivity contribution in [2.45, 2.75) is 20.1 Å². The van der Waals surface area contributed by atoms with E-state index in [1.54, 1.807) is 6.08 Å². The third-order valence-corrected chi connectivity index (χ3v) is 8.44. The van der Waals surface area contributed by atoms with Gasteiger partial charge in [-0.25, -0.2) is 0 Å². The number of carbonyl (C=O) groups is 2. The van der Waals surface area contributed by atoms with E-state index in [1.807, 2.05) is 85.8 Å². The van der Waals surface area contributed by atoms with Crippen molar-refractivity contribution in [3.63, 3.8) is 0 Å². The Hall–Kier alpha value is -2.57. The van der Waals surface area contributed by atoms with Crippen LogP contribution in [0.3, 0.4) is 0 Å². The molecule has 0 bridgehead atoms. The fourth-order valence-corrected chi connectivity index (χ4v) is 6.18. The average molecular weight is 747 g/mol. The van der Waals surface area contributed by atoms with Crippen LogP contribution >= 0.6 is 56.9 Å². The maximum atomic E-state index is 13.3. The standard InChI is InChI=1S/C30H23I2NO4S/c1-2-36-26-15-20(14-25(32)28(26)37-18-19-10-12-23(31)13-11-19)16-27-29(34)33(30(35)38-27)17-22-8-5-7-21-6-3-4-9-24(21)22/h3-16H,2,17-18H2,1H3/b27-16+. The Bertz CT molecular complexity index is 1550. The second-order valence-corrected chi connectivity index (χ2v) is 12.0. The van der Waals surface area contributed by atoms with Crippen LogP contribution in [0.1, 0.15) is 23.6 Å². The topological polar surface area (TPSA) is 55.8 Å². The lowest BCUT2D eigenvalue weighted by Gasteiger charge is -2.15. The minimum absolute atomic E-state index is 0.233. The van der Waals surface area contributed by atoms with Crippen LogP contribution in [0.4, 0.5) is 4.79 Å². The summed E-state index contributed by atoms with van der Waals surface area (Å²) in [6.07, 6.45) is 1.75. The van der Waals surface area contributed by atoms with Crippen molar-refractivity contribution < 1.29 is 19.1 Å². The lowest BCUT2D eigenvalue weighted by atomic mass is 10.0. The monoisotopic (exact) mass is 747 g/mol. The molecule has 1 heterocycles. The fraction of sp³-hybridized carbons (Fsp3) is 0.133. The summed E-state index contributed by atoms with van der Waals surface area (Å²) in [4.78, 5) is 27.8. The zero-order chi connectivity index (χ0) is 26.6. The number of carbonyl (C=O) groups excluding carboxylic acids is 2. The van der Waals surface area contributed by atoms with Crippen LogP contribution in [-0.4, -0.2) is 22.7 Å². The van der Waals surface area contributed by atoms with Crippen LogP contribution in [0, 0.1) is 7.14 Å². The van der Waals surface area contributed by atoms with Crippen molar-refractivity contribution in [1.29, 1.82) is 0 Å². The SMILES string of the molecule is CCOc1cc(/C=C2/SC(=O)N(Cc3cccc4ccccc34)C2=O)cc(I)c1OCc1ccc(I)cc1. The number of fused-ring (bicyclic) bond motifs is 1. The van der Waals surface area contributed by atoms with Gasteiger partial charge >= 0.3 is 0 Å². The van der Waals surface area contributed by atoms with E-state index in [2.05, 4.69) is 45.2 Å². The molecule has 0 aromatic heterocycles.